The number of Topliss-reactive ketones (excluding diaryl/α,β-unsaturated/α-hetero) is 4. The van der Waals surface area contributed by atoms with E-state index in [1.807, 2.05) is 55.4 Å². The van der Waals surface area contributed by atoms with Crippen LogP contribution in [-0.4, -0.2) is 300 Å². The molecule has 0 spiro atoms. The number of thiol groups is 1. The fraction of sp³-hybridized carbons (Fsp3) is 0.598. The zero-order valence-electron chi connectivity index (χ0n) is 80.0. The molecule has 6 atom stereocenters. The van der Waals surface area contributed by atoms with Crippen LogP contribution < -0.4 is 61.2 Å². The lowest BCUT2D eigenvalue weighted by molar-refractivity contribution is -0.138. The summed E-state index contributed by atoms with van der Waals surface area (Å²) in [5, 5.41) is 19.5. The van der Waals surface area contributed by atoms with Crippen LogP contribution in [0, 0.1) is 0 Å². The van der Waals surface area contributed by atoms with Gasteiger partial charge in [-0.3, -0.25) is 92.9 Å². The van der Waals surface area contributed by atoms with Crippen LogP contribution in [0.3, 0.4) is 0 Å². The van der Waals surface area contributed by atoms with Crippen LogP contribution >= 0.6 is 40.3 Å². The summed E-state index contributed by atoms with van der Waals surface area (Å²) in [6, 6.07) is 15.0. The summed E-state index contributed by atoms with van der Waals surface area (Å²) in [4.78, 5) is 136. The van der Waals surface area contributed by atoms with E-state index >= 15 is 0 Å². The van der Waals surface area contributed by atoms with Crippen molar-refractivity contribution in [3.05, 3.63) is 144 Å². The second-order valence-corrected chi connectivity index (χ2v) is 35.5. The van der Waals surface area contributed by atoms with Crippen molar-refractivity contribution in [2.75, 3.05) is 183 Å². The van der Waals surface area contributed by atoms with E-state index in [9.17, 15) is 43.2 Å². The molecule has 0 unspecified atom stereocenters. The summed E-state index contributed by atoms with van der Waals surface area (Å²) in [6.07, 6.45) is 37.7. The maximum Gasteiger partial charge on any atom is 0.303 e. The smallest absolute Gasteiger partial charge is 0.303 e. The van der Waals surface area contributed by atoms with Crippen LogP contribution in [-0.2, 0) is 43.2 Å². The number of carboxylic acid groups (broad SMARTS) is 1. The number of halogens is 1. The van der Waals surface area contributed by atoms with Gasteiger partial charge in [-0.2, -0.15) is 24.4 Å². The lowest BCUT2D eigenvalue weighted by atomic mass is 10.1. The Balaban J connectivity index is 0.000000328. The Labute approximate surface area is 812 Å². The molecule has 12 rings (SSSR count). The number of nitrogens with one attached hydrogen (secondary N) is 4. The summed E-state index contributed by atoms with van der Waals surface area (Å²) in [5.41, 5.74) is 18.1. The number of ketones is 4. The zero-order valence-corrected chi connectivity index (χ0v) is 83.3. The SMILES string of the molecule is C.CC(=O)CBr.CC(=O)CCC(=O)NCCOc1cncc([C@@H]2CCCN2C)c1.CC(=O)CCC(=O)O.CC(=O)CSCCC(=O)NCCOc1cncc([C@@H]2CCCN2C)c1.CC(=O)NCCOc1cncc([C@@H]2CCCN2C)c1.CN1CCC[C@H]1c1cncc(OCCN)c1.CN1CCC[C@H]1c1cncc(OCCN)c1.CN1CCC[C@H]1c1cncc(OCCNC(=O)CCS)c1. The van der Waals surface area contributed by atoms with Crippen molar-refractivity contribution >= 4 is 93.1 Å². The molecule has 37 heteroatoms. The molecule has 6 aliphatic rings. The van der Waals surface area contributed by atoms with E-state index < -0.39 is 5.97 Å². The number of carbonyl (C=O) groups is 9. The van der Waals surface area contributed by atoms with Crippen molar-refractivity contribution in [2.45, 2.75) is 194 Å². The lowest BCUT2D eigenvalue weighted by Crippen LogP contribution is -2.28. The van der Waals surface area contributed by atoms with Crippen LogP contribution in [0.4, 0.5) is 0 Å². The number of alkyl halides is 1. The Hall–Kier alpha value is -9.41. The van der Waals surface area contributed by atoms with Gasteiger partial charge in [-0.1, -0.05) is 23.4 Å². The second-order valence-electron chi connectivity index (χ2n) is 33.4. The minimum Gasteiger partial charge on any atom is -0.491 e. The number of thioether (sulfide) groups is 1. The molecule has 34 nitrogen and oxygen atoms in total. The van der Waals surface area contributed by atoms with Crippen molar-refractivity contribution < 1.29 is 76.7 Å². The van der Waals surface area contributed by atoms with Gasteiger partial charge in [-0.25, -0.2) is 0 Å². The van der Waals surface area contributed by atoms with E-state index in [0.717, 1.165) is 73.5 Å². The van der Waals surface area contributed by atoms with Crippen LogP contribution in [0.5, 0.6) is 34.5 Å². The standard InChI is InChI=1S/C18H27N3O3S.C17H25N3O3.C15H23N3O2S.C14H21N3O2.2C12H19N3O.C5H8O3.C3H5BrO.CH4/c1-14(22)13-25-9-5-18(23)20-6-8-24-16-10-15(11-19-12-16)17-4-3-7-21(17)2;1-13(21)5-6-17(22)19-7-9-23-15-10-14(11-18-12-15)16-4-3-8-20(16)2;1-18-6-2-3-14(18)12-9-13(11-16-10-12)20-7-5-17-15(19)4-8-21;1-11(18)16-5-7-19-13-8-12(9-15-10-13)14-4-3-6-17(14)2;2*1-15-5-2-3-12(15)10-7-11(9-14-8-10)16-6-4-13;1-4(6)2-3-5(7)8;1-3(5)2-4;/h10-12,17H,3-9,13H2,1-2H3,(H,20,23);10-12,16H,3-9H2,1-2H3,(H,19,22);9-11,14,21H,2-8H2,1H3,(H,17,19);8-10,14H,3-7H2,1-2H3,(H,16,18);2*7-9,12H,2-6,13H2,1H3;2-3H2,1H3,(H,7,8);2H2,1H3;1H4/t17-;16-;2*14-;2*12-;;;/m000000.../s1. The molecule has 744 valence electrons. The number of hydrogen-bond acceptors (Lipinski definition) is 31. The normalized spacial score (nSPS) is 17.9. The number of hydrogen-bond donors (Lipinski definition) is 8. The van der Waals surface area contributed by atoms with Gasteiger partial charge in [0.05, 0.1) is 80.9 Å². The first kappa shape index (κ1) is 117. The number of aliphatic carboxylic acids is 1. The quantitative estimate of drug-likeness (QED) is 0.0100. The molecule has 0 bridgehead atoms. The number of pyridine rings is 6. The highest BCUT2D eigenvalue weighted by atomic mass is 79.9. The van der Waals surface area contributed by atoms with Gasteiger partial charge in [0, 0.05) is 131 Å². The van der Waals surface area contributed by atoms with E-state index in [-0.39, 0.29) is 79.9 Å². The monoisotopic (exact) mass is 1970 g/mol. The summed E-state index contributed by atoms with van der Waals surface area (Å²) < 4.78 is 33.6. The van der Waals surface area contributed by atoms with E-state index in [4.69, 9.17) is 45.0 Å². The Bertz CT molecular complexity index is 4340. The highest BCUT2D eigenvalue weighted by Gasteiger charge is 2.29. The molecule has 0 aromatic carbocycles. The van der Waals surface area contributed by atoms with Crippen molar-refractivity contribution in [3.63, 3.8) is 0 Å². The molecular weight excluding hydrogens is 1820 g/mol. The Morgan fingerprint density at radius 3 is 0.828 bits per heavy atom. The Morgan fingerprint density at radius 1 is 0.373 bits per heavy atom. The topological polar surface area (TPSA) is 426 Å². The number of aromatic nitrogens is 6. The van der Waals surface area contributed by atoms with Gasteiger partial charge < -0.3 is 75.9 Å². The number of likely N-dealkylation sites (tertiary alicyclic amines) is 6. The predicted octanol–water partition coefficient (Wildman–Crippen LogP) is 11.2. The Kier molecular flexibility index (Phi) is 59.8. The Morgan fingerprint density at radius 2 is 0.619 bits per heavy atom. The molecule has 6 aromatic heterocycles. The van der Waals surface area contributed by atoms with Crippen molar-refractivity contribution in [2.24, 2.45) is 11.5 Å². The zero-order chi connectivity index (χ0) is 97.1. The third kappa shape index (κ3) is 48.9. The van der Waals surface area contributed by atoms with Crippen LogP contribution in [0.2, 0.25) is 0 Å². The third-order valence-electron chi connectivity index (χ3n) is 22.1. The average Bonchev–Trinajstić information content (AvgIpc) is 1.74. The molecule has 4 amide bonds. The first-order valence-electron chi connectivity index (χ1n) is 46.1. The maximum atomic E-state index is 11.7. The van der Waals surface area contributed by atoms with E-state index in [2.05, 4.69) is 170 Å². The van der Waals surface area contributed by atoms with Crippen LogP contribution in [0.1, 0.15) is 227 Å². The third-order valence-corrected chi connectivity index (χ3v) is 24.3. The van der Waals surface area contributed by atoms with Crippen molar-refractivity contribution in [1.29, 1.82) is 0 Å². The fourth-order valence-corrected chi connectivity index (χ4v) is 16.3. The van der Waals surface area contributed by atoms with E-state index in [0.29, 0.717) is 151 Å². The number of nitrogens with two attached hydrogens (primary N) is 2. The number of ether oxygens (including phenoxy) is 6. The van der Waals surface area contributed by atoms with Crippen LogP contribution in [0.25, 0.3) is 0 Å². The average molecular weight is 1970 g/mol. The molecule has 6 aliphatic heterocycles. The maximum absolute atomic E-state index is 11.7. The second kappa shape index (κ2) is 68.6. The van der Waals surface area contributed by atoms with Crippen LogP contribution in [0.15, 0.2) is 111 Å². The lowest BCUT2D eigenvalue weighted by Gasteiger charge is -2.19. The number of rotatable bonds is 42. The molecule has 0 aliphatic carbocycles. The summed E-state index contributed by atoms with van der Waals surface area (Å²) in [5.74, 6) is 5.50. The molecular formula is C97H151BrN18O16S2. The van der Waals surface area contributed by atoms with Gasteiger partial charge in [0.15, 0.2) is 0 Å². The molecule has 9 N–H and O–H groups in total. The largest absolute Gasteiger partial charge is 0.491 e. The molecule has 6 aromatic rings. The predicted molar refractivity (Wildman–Crippen MR) is 532 cm³/mol. The van der Waals surface area contributed by atoms with Gasteiger partial charge >= 0.3 is 5.97 Å². The molecule has 0 radical (unpaired) electrons. The summed E-state index contributed by atoms with van der Waals surface area (Å²) >= 11 is 8.47. The number of nitrogens with zero attached hydrogens (tertiary/aromatic N) is 12. The molecule has 0 saturated carbocycles. The summed E-state index contributed by atoms with van der Waals surface area (Å²) in [7, 11) is 12.9. The fourth-order valence-electron chi connectivity index (χ4n) is 15.3. The molecule has 6 fully saturated rings. The van der Waals surface area contributed by atoms with Gasteiger partial charge in [0.1, 0.15) is 97.3 Å². The number of amides is 4. The first-order chi connectivity index (χ1) is 64.0. The molecule has 134 heavy (non-hydrogen) atoms. The van der Waals surface area contributed by atoms with Gasteiger partial charge in [0.2, 0.25) is 23.6 Å². The highest BCUT2D eigenvalue weighted by Crippen LogP contribution is 2.37. The highest BCUT2D eigenvalue weighted by molar-refractivity contribution is 9.09. The first-order valence-corrected chi connectivity index (χ1v) is 49.0. The molecule has 12 heterocycles. The van der Waals surface area contributed by atoms with E-state index in [1.165, 1.54) is 150 Å². The molecule has 6 saturated heterocycles. The van der Waals surface area contributed by atoms with Gasteiger partial charge in [-0.05, 0) is 262 Å². The number of carbonyl (C=O) groups excluding carboxylic acids is 8. The van der Waals surface area contributed by atoms with Gasteiger partial charge in [-0.15, -0.1) is 0 Å². The minimum atomic E-state index is -0.916. The summed E-state index contributed by atoms with van der Waals surface area (Å²) in [6.45, 7) is 20.1. The minimum absolute atomic E-state index is 0. The number of carboxylic acids is 1. The van der Waals surface area contributed by atoms with Gasteiger partial charge in [0.25, 0.3) is 0 Å². The van der Waals surface area contributed by atoms with Crippen molar-refractivity contribution in [3.8, 4) is 34.5 Å². The van der Waals surface area contributed by atoms with Crippen molar-refractivity contribution in [1.82, 2.24) is 80.6 Å². The van der Waals surface area contributed by atoms with E-state index in [1.54, 1.807) is 44.1 Å².